The number of aromatic nitrogens is 4. The molecule has 1 saturated heterocycles. The van der Waals surface area contributed by atoms with Crippen LogP contribution in [-0.4, -0.2) is 70.0 Å². The summed E-state index contributed by atoms with van der Waals surface area (Å²) in [4.78, 5) is 16.9. The smallest absolute Gasteiger partial charge is 0.234 e. The fraction of sp³-hybridized carbons (Fsp3) is 0.529. The van der Waals surface area contributed by atoms with Crippen LogP contribution >= 0.6 is 11.8 Å². The highest BCUT2D eigenvalue weighted by molar-refractivity contribution is 7.99. The Morgan fingerprint density at radius 3 is 2.62 bits per heavy atom. The number of carbonyl (C=O) groups is 1. The number of carbonyl (C=O) groups excluding carboxylic acids is 1. The summed E-state index contributed by atoms with van der Waals surface area (Å²) in [5.74, 6) is 0.250. The number of amides is 1. The molecule has 0 atom stereocenters. The third-order valence-corrected chi connectivity index (χ3v) is 5.64. The number of hydrogen-bond donors (Lipinski definition) is 1. The Morgan fingerprint density at radius 2 is 1.92 bits per heavy atom. The highest BCUT2D eigenvalue weighted by Crippen LogP contribution is 2.36. The molecule has 138 valence electrons. The van der Waals surface area contributed by atoms with Crippen LogP contribution in [0.1, 0.15) is 18.9 Å². The molecule has 1 aromatic carbocycles. The zero-order chi connectivity index (χ0) is 17.9. The number of nitrogens with one attached hydrogen (secondary N) is 1. The Balaban J connectivity index is 1.28. The van der Waals surface area contributed by atoms with Crippen molar-refractivity contribution in [2.45, 2.75) is 24.0 Å². The number of rotatable bonds is 6. The van der Waals surface area contributed by atoms with Gasteiger partial charge in [0.25, 0.3) is 0 Å². The van der Waals surface area contributed by atoms with E-state index in [1.54, 1.807) is 0 Å². The van der Waals surface area contributed by atoms with Gasteiger partial charge in [0.1, 0.15) is 0 Å². The molecule has 4 rings (SSSR count). The molecular formula is C17H23N7OS. The van der Waals surface area contributed by atoms with Gasteiger partial charge in [-0.15, -0.1) is 5.10 Å². The first-order valence-electron chi connectivity index (χ1n) is 8.93. The van der Waals surface area contributed by atoms with Gasteiger partial charge in [-0.1, -0.05) is 11.8 Å². The molecule has 9 heteroatoms. The lowest BCUT2D eigenvalue weighted by atomic mass is 10.2. The third kappa shape index (κ3) is 4.16. The molecule has 0 spiro atoms. The van der Waals surface area contributed by atoms with Crippen LogP contribution in [0.2, 0.25) is 0 Å². The lowest BCUT2D eigenvalue weighted by molar-refractivity contribution is -0.113. The minimum atomic E-state index is -0.0484. The quantitative estimate of drug-likeness (QED) is 0.769. The third-order valence-electron chi connectivity index (χ3n) is 4.71. The van der Waals surface area contributed by atoms with E-state index in [1.807, 2.05) is 16.8 Å². The summed E-state index contributed by atoms with van der Waals surface area (Å²) in [6.45, 7) is 4.23. The first kappa shape index (κ1) is 17.3. The molecule has 2 aromatic rings. The van der Waals surface area contributed by atoms with Crippen LogP contribution in [0.3, 0.4) is 0 Å². The van der Waals surface area contributed by atoms with Crippen molar-refractivity contribution >= 4 is 29.0 Å². The highest BCUT2D eigenvalue weighted by atomic mass is 32.2. The van der Waals surface area contributed by atoms with Crippen molar-refractivity contribution in [1.82, 2.24) is 25.1 Å². The first-order chi connectivity index (χ1) is 12.7. The summed E-state index contributed by atoms with van der Waals surface area (Å²) < 4.78 is 1.82. The normalized spacial score (nSPS) is 18.1. The predicted molar refractivity (Wildman–Crippen MR) is 102 cm³/mol. The molecule has 0 bridgehead atoms. The molecule has 1 aliphatic carbocycles. The average Bonchev–Trinajstić information content (AvgIpc) is 3.39. The fourth-order valence-corrected chi connectivity index (χ4v) is 3.72. The second-order valence-electron chi connectivity index (χ2n) is 6.81. The summed E-state index contributed by atoms with van der Waals surface area (Å²) in [6, 6.07) is 8.48. The number of thioether (sulfide) groups is 1. The molecule has 2 aliphatic rings. The molecule has 1 N–H and O–H groups in total. The van der Waals surface area contributed by atoms with Crippen LogP contribution in [0.15, 0.2) is 29.4 Å². The van der Waals surface area contributed by atoms with Gasteiger partial charge in [0.05, 0.1) is 11.8 Å². The Kier molecular flexibility index (Phi) is 5.07. The molecule has 1 saturated carbocycles. The summed E-state index contributed by atoms with van der Waals surface area (Å²) in [5, 5.41) is 15.4. The number of anilines is 2. The Hall–Kier alpha value is -2.13. The minimum absolute atomic E-state index is 0.0484. The van der Waals surface area contributed by atoms with Gasteiger partial charge >= 0.3 is 0 Å². The molecule has 0 unspecified atom stereocenters. The zero-order valence-corrected chi connectivity index (χ0v) is 15.7. The van der Waals surface area contributed by atoms with Crippen molar-refractivity contribution in [2.75, 3.05) is 49.2 Å². The molecule has 1 aliphatic heterocycles. The molecular weight excluding hydrogens is 350 g/mol. The van der Waals surface area contributed by atoms with E-state index in [0.717, 1.165) is 44.7 Å². The van der Waals surface area contributed by atoms with E-state index in [0.29, 0.717) is 17.0 Å². The van der Waals surface area contributed by atoms with Crippen molar-refractivity contribution in [1.29, 1.82) is 0 Å². The first-order valence-corrected chi connectivity index (χ1v) is 9.92. The second-order valence-corrected chi connectivity index (χ2v) is 7.75. The van der Waals surface area contributed by atoms with Crippen LogP contribution in [0.4, 0.5) is 11.4 Å². The number of hydrogen-bond acceptors (Lipinski definition) is 7. The van der Waals surface area contributed by atoms with E-state index in [1.165, 1.54) is 17.4 Å². The van der Waals surface area contributed by atoms with Crippen LogP contribution in [0, 0.1) is 0 Å². The van der Waals surface area contributed by atoms with Gasteiger partial charge in [0, 0.05) is 37.6 Å². The van der Waals surface area contributed by atoms with Crippen molar-refractivity contribution in [2.24, 2.45) is 0 Å². The lowest BCUT2D eigenvalue weighted by Crippen LogP contribution is -2.44. The highest BCUT2D eigenvalue weighted by Gasteiger charge is 2.28. The van der Waals surface area contributed by atoms with E-state index in [4.69, 9.17) is 0 Å². The maximum absolute atomic E-state index is 12.2. The predicted octanol–water partition coefficient (Wildman–Crippen LogP) is 1.49. The molecule has 2 fully saturated rings. The van der Waals surface area contributed by atoms with Gasteiger partial charge in [-0.05, 0) is 54.6 Å². The largest absolute Gasteiger partial charge is 0.369 e. The Morgan fingerprint density at radius 1 is 1.19 bits per heavy atom. The topological polar surface area (TPSA) is 79.2 Å². The number of nitrogens with zero attached hydrogens (tertiary/aromatic N) is 6. The summed E-state index contributed by atoms with van der Waals surface area (Å²) in [5.41, 5.74) is 2.02. The Bertz CT molecular complexity index is 751. The van der Waals surface area contributed by atoms with E-state index in [9.17, 15) is 4.79 Å². The molecule has 0 radical (unpaired) electrons. The number of likely N-dealkylation sites (N-methyl/N-ethyl adjacent to an activating group) is 1. The lowest BCUT2D eigenvalue weighted by Gasteiger charge is -2.34. The molecule has 26 heavy (non-hydrogen) atoms. The van der Waals surface area contributed by atoms with Gasteiger partial charge in [-0.25, -0.2) is 4.68 Å². The molecule has 1 amide bonds. The van der Waals surface area contributed by atoms with E-state index in [2.05, 4.69) is 49.8 Å². The van der Waals surface area contributed by atoms with Crippen molar-refractivity contribution in [3.05, 3.63) is 24.3 Å². The number of piperazine rings is 1. The SMILES string of the molecule is CN1CCN(c2ccc(NC(=O)CSc3nnnn3C3CC3)cc2)CC1. The zero-order valence-electron chi connectivity index (χ0n) is 14.8. The van der Waals surface area contributed by atoms with Crippen molar-refractivity contribution in [3.63, 3.8) is 0 Å². The monoisotopic (exact) mass is 373 g/mol. The van der Waals surface area contributed by atoms with Crippen LogP contribution in [0.25, 0.3) is 0 Å². The molecule has 2 heterocycles. The van der Waals surface area contributed by atoms with Gasteiger partial charge in [0.15, 0.2) is 0 Å². The maximum atomic E-state index is 12.2. The van der Waals surface area contributed by atoms with Gasteiger partial charge in [0.2, 0.25) is 11.1 Å². The van der Waals surface area contributed by atoms with E-state index < -0.39 is 0 Å². The summed E-state index contributed by atoms with van der Waals surface area (Å²) in [7, 11) is 2.15. The van der Waals surface area contributed by atoms with Crippen LogP contribution in [-0.2, 0) is 4.79 Å². The number of benzene rings is 1. The second kappa shape index (κ2) is 7.63. The summed E-state index contributed by atoms with van der Waals surface area (Å²) >= 11 is 1.38. The van der Waals surface area contributed by atoms with E-state index in [-0.39, 0.29) is 5.91 Å². The van der Waals surface area contributed by atoms with Crippen LogP contribution in [0.5, 0.6) is 0 Å². The van der Waals surface area contributed by atoms with E-state index >= 15 is 0 Å². The minimum Gasteiger partial charge on any atom is -0.369 e. The fourth-order valence-electron chi connectivity index (χ4n) is 2.98. The van der Waals surface area contributed by atoms with Crippen molar-refractivity contribution in [3.8, 4) is 0 Å². The van der Waals surface area contributed by atoms with Crippen LogP contribution < -0.4 is 10.2 Å². The molecule has 8 nitrogen and oxygen atoms in total. The Labute approximate surface area is 156 Å². The maximum Gasteiger partial charge on any atom is 0.234 e. The van der Waals surface area contributed by atoms with Gasteiger partial charge in [-0.2, -0.15) is 0 Å². The van der Waals surface area contributed by atoms with Crippen molar-refractivity contribution < 1.29 is 4.79 Å². The number of tetrazole rings is 1. The standard InChI is InChI=1S/C17H23N7OS/c1-22-8-10-23(11-9-22)14-4-2-13(3-5-14)18-16(25)12-26-17-19-20-21-24(17)15-6-7-15/h2-5,15H,6-12H2,1H3,(H,18,25). The summed E-state index contributed by atoms with van der Waals surface area (Å²) in [6.07, 6.45) is 2.23. The van der Waals surface area contributed by atoms with Gasteiger partial charge in [-0.3, -0.25) is 4.79 Å². The van der Waals surface area contributed by atoms with Gasteiger partial charge < -0.3 is 15.1 Å². The average molecular weight is 373 g/mol. The molecule has 1 aromatic heterocycles.